The molecule has 0 aromatic carbocycles. The topological polar surface area (TPSA) is 96.4 Å². The maximum Gasteiger partial charge on any atom is 0.313 e. The molecule has 2 unspecified atom stereocenters. The SMILES string of the molecule is C=CCOC(=O)[C@H]1[C@H]2C(=O)N(CCCCO)C(C(=O)N(CC=C)C3CCCCC3)C23CC[C@]1(C)O3. The van der Waals surface area contributed by atoms with Crippen molar-refractivity contribution < 1.29 is 29.0 Å². The number of carbonyl (C=O) groups excluding carboxylic acids is 3. The number of nitrogens with zero attached hydrogens (tertiary/aromatic N) is 2. The molecule has 8 nitrogen and oxygen atoms in total. The minimum atomic E-state index is -1.05. The van der Waals surface area contributed by atoms with E-state index in [1.165, 1.54) is 12.5 Å². The zero-order chi connectivity index (χ0) is 25.2. The molecule has 1 aliphatic carbocycles. The minimum absolute atomic E-state index is 0.0188. The fraction of sp³-hybridized carbons (Fsp3) is 0.741. The molecule has 3 aliphatic heterocycles. The average molecular weight is 489 g/mol. The number of rotatable bonds is 11. The van der Waals surface area contributed by atoms with Gasteiger partial charge in [0, 0.05) is 25.7 Å². The molecule has 35 heavy (non-hydrogen) atoms. The van der Waals surface area contributed by atoms with Crippen LogP contribution in [0.2, 0.25) is 0 Å². The monoisotopic (exact) mass is 488 g/mol. The second-order valence-electron chi connectivity index (χ2n) is 10.7. The third kappa shape index (κ3) is 4.33. The first-order chi connectivity index (χ1) is 16.8. The third-order valence-corrected chi connectivity index (χ3v) is 8.54. The van der Waals surface area contributed by atoms with Gasteiger partial charge in [-0.3, -0.25) is 14.4 Å². The first-order valence-corrected chi connectivity index (χ1v) is 13.1. The van der Waals surface area contributed by atoms with E-state index in [0.29, 0.717) is 38.8 Å². The molecule has 4 fully saturated rings. The maximum absolute atomic E-state index is 14.3. The molecule has 1 spiro atoms. The van der Waals surface area contributed by atoms with E-state index in [-0.39, 0.29) is 31.1 Å². The summed E-state index contributed by atoms with van der Waals surface area (Å²) < 4.78 is 12.0. The van der Waals surface area contributed by atoms with E-state index in [9.17, 15) is 19.5 Å². The summed E-state index contributed by atoms with van der Waals surface area (Å²) in [7, 11) is 0. The van der Waals surface area contributed by atoms with Crippen LogP contribution in [0.4, 0.5) is 0 Å². The van der Waals surface area contributed by atoms with Gasteiger partial charge in [0.2, 0.25) is 11.8 Å². The fourth-order valence-corrected chi connectivity index (χ4v) is 7.04. The first-order valence-electron chi connectivity index (χ1n) is 13.1. The van der Waals surface area contributed by atoms with Crippen molar-refractivity contribution in [3.63, 3.8) is 0 Å². The van der Waals surface area contributed by atoms with Crippen LogP contribution in [0.1, 0.15) is 64.7 Å². The molecular weight excluding hydrogens is 448 g/mol. The van der Waals surface area contributed by atoms with E-state index >= 15 is 0 Å². The molecular formula is C27H40N2O6. The molecule has 3 saturated heterocycles. The van der Waals surface area contributed by atoms with Crippen LogP contribution >= 0.6 is 0 Å². The number of aliphatic hydroxyl groups excluding tert-OH is 1. The van der Waals surface area contributed by atoms with Gasteiger partial charge in [-0.15, -0.1) is 6.58 Å². The van der Waals surface area contributed by atoms with Gasteiger partial charge in [0.15, 0.2) is 0 Å². The lowest BCUT2D eigenvalue weighted by Crippen LogP contribution is -2.58. The van der Waals surface area contributed by atoms with Crippen LogP contribution in [0.5, 0.6) is 0 Å². The van der Waals surface area contributed by atoms with Gasteiger partial charge in [-0.1, -0.05) is 38.0 Å². The second-order valence-corrected chi connectivity index (χ2v) is 10.7. The van der Waals surface area contributed by atoms with Crippen molar-refractivity contribution >= 4 is 17.8 Å². The molecule has 3 heterocycles. The summed E-state index contributed by atoms with van der Waals surface area (Å²) in [5, 5.41) is 9.32. The zero-order valence-electron chi connectivity index (χ0n) is 21.0. The molecule has 5 atom stereocenters. The predicted molar refractivity (Wildman–Crippen MR) is 130 cm³/mol. The van der Waals surface area contributed by atoms with Gasteiger partial charge in [0.25, 0.3) is 0 Å². The Kier molecular flexibility index (Phi) is 7.71. The second kappa shape index (κ2) is 10.4. The summed E-state index contributed by atoms with van der Waals surface area (Å²) in [5.41, 5.74) is -1.89. The van der Waals surface area contributed by atoms with Crippen molar-refractivity contribution in [3.05, 3.63) is 25.3 Å². The van der Waals surface area contributed by atoms with E-state index in [1.54, 1.807) is 11.0 Å². The number of amides is 2. The highest BCUT2D eigenvalue weighted by Gasteiger charge is 2.78. The number of likely N-dealkylation sites (tertiary alicyclic amines) is 1. The first kappa shape index (κ1) is 25.9. The van der Waals surface area contributed by atoms with Crippen molar-refractivity contribution in [2.75, 3.05) is 26.3 Å². The van der Waals surface area contributed by atoms with Gasteiger partial charge in [-0.25, -0.2) is 0 Å². The number of ether oxygens (including phenoxy) is 2. The molecule has 1 N–H and O–H groups in total. The van der Waals surface area contributed by atoms with Crippen LogP contribution in [-0.2, 0) is 23.9 Å². The molecule has 194 valence electrons. The van der Waals surface area contributed by atoms with Gasteiger partial charge in [0.05, 0.1) is 11.5 Å². The minimum Gasteiger partial charge on any atom is -0.461 e. The number of carbonyl (C=O) groups is 3. The van der Waals surface area contributed by atoms with Crippen LogP contribution in [0.15, 0.2) is 25.3 Å². The number of unbranched alkanes of at least 4 members (excludes halogenated alkanes) is 1. The number of esters is 1. The highest BCUT2D eigenvalue weighted by Crippen LogP contribution is 2.63. The molecule has 1 saturated carbocycles. The van der Waals surface area contributed by atoms with Crippen molar-refractivity contribution in [1.29, 1.82) is 0 Å². The molecule has 0 aromatic heterocycles. The van der Waals surface area contributed by atoms with Crippen LogP contribution in [-0.4, -0.2) is 82.3 Å². The van der Waals surface area contributed by atoms with Crippen LogP contribution < -0.4 is 0 Å². The lowest BCUT2D eigenvalue weighted by Gasteiger charge is -2.40. The Balaban J connectivity index is 1.71. The van der Waals surface area contributed by atoms with E-state index < -0.39 is 35.0 Å². The Morgan fingerprint density at radius 2 is 1.94 bits per heavy atom. The Hall–Kier alpha value is -2.19. The Bertz CT molecular complexity index is 855. The lowest BCUT2D eigenvalue weighted by atomic mass is 9.66. The summed E-state index contributed by atoms with van der Waals surface area (Å²) in [6.45, 7) is 10.2. The van der Waals surface area contributed by atoms with Gasteiger partial charge in [-0.2, -0.15) is 0 Å². The van der Waals surface area contributed by atoms with Gasteiger partial charge < -0.3 is 24.4 Å². The standard InChI is InChI=1S/C27H40N2O6/c1-4-15-28(19-11-7-6-8-12-19)24(32)22-27-14-13-26(3,35-27)21(25(33)34-18-5-2)20(27)23(31)29(22)16-9-10-17-30/h4-5,19-22,30H,1-2,6-18H2,3H3/t20-,21+,22?,26-,27?/m0/s1. The molecule has 4 aliphatic rings. The molecule has 0 aromatic rings. The summed E-state index contributed by atoms with van der Waals surface area (Å²) in [4.78, 5) is 44.9. The number of hydrogen-bond donors (Lipinski definition) is 1. The smallest absolute Gasteiger partial charge is 0.313 e. The number of hydrogen-bond acceptors (Lipinski definition) is 6. The van der Waals surface area contributed by atoms with E-state index in [4.69, 9.17) is 9.47 Å². The molecule has 0 radical (unpaired) electrons. The highest BCUT2D eigenvalue weighted by atomic mass is 16.6. The van der Waals surface area contributed by atoms with Crippen molar-refractivity contribution in [2.24, 2.45) is 11.8 Å². The zero-order valence-corrected chi connectivity index (χ0v) is 21.0. The van der Waals surface area contributed by atoms with E-state index in [0.717, 1.165) is 25.7 Å². The van der Waals surface area contributed by atoms with Crippen LogP contribution in [0.3, 0.4) is 0 Å². The summed E-state index contributed by atoms with van der Waals surface area (Å²) in [6.07, 6.45) is 10.7. The van der Waals surface area contributed by atoms with Gasteiger partial charge >= 0.3 is 5.97 Å². The van der Waals surface area contributed by atoms with Crippen LogP contribution in [0.25, 0.3) is 0 Å². The van der Waals surface area contributed by atoms with Crippen molar-refractivity contribution in [2.45, 2.75) is 88.0 Å². The molecule has 4 rings (SSSR count). The summed E-state index contributed by atoms with van der Waals surface area (Å²) in [5.74, 6) is -2.30. The van der Waals surface area contributed by atoms with Crippen molar-refractivity contribution in [1.82, 2.24) is 9.80 Å². The number of fused-ring (bicyclic) bond motifs is 1. The normalized spacial score (nSPS) is 34.1. The van der Waals surface area contributed by atoms with Gasteiger partial charge in [0.1, 0.15) is 24.2 Å². The Labute approximate surface area is 208 Å². The van der Waals surface area contributed by atoms with E-state index in [2.05, 4.69) is 13.2 Å². The Morgan fingerprint density at radius 3 is 2.60 bits per heavy atom. The van der Waals surface area contributed by atoms with Gasteiger partial charge in [-0.05, 0) is 45.4 Å². The highest BCUT2D eigenvalue weighted by molar-refractivity contribution is 5.98. The summed E-state index contributed by atoms with van der Waals surface area (Å²) >= 11 is 0. The largest absolute Gasteiger partial charge is 0.461 e. The third-order valence-electron chi connectivity index (χ3n) is 8.54. The Morgan fingerprint density at radius 1 is 1.20 bits per heavy atom. The molecule has 2 bridgehead atoms. The summed E-state index contributed by atoms with van der Waals surface area (Å²) in [6, 6.07) is -0.679. The number of aliphatic hydroxyl groups is 1. The molecule has 8 heteroatoms. The fourth-order valence-electron chi connectivity index (χ4n) is 7.04. The predicted octanol–water partition coefficient (Wildman–Crippen LogP) is 2.60. The average Bonchev–Trinajstić information content (AvgIpc) is 3.42. The van der Waals surface area contributed by atoms with Crippen LogP contribution in [0, 0.1) is 11.8 Å². The van der Waals surface area contributed by atoms with E-state index in [1.807, 2.05) is 11.8 Å². The maximum atomic E-state index is 14.3. The quantitative estimate of drug-likeness (QED) is 0.273. The van der Waals surface area contributed by atoms with Crippen molar-refractivity contribution in [3.8, 4) is 0 Å². The lowest BCUT2D eigenvalue weighted by molar-refractivity contribution is -0.160. The molecule has 2 amide bonds.